The van der Waals surface area contributed by atoms with E-state index >= 15 is 0 Å². The molecule has 0 N–H and O–H groups in total. The van der Waals surface area contributed by atoms with E-state index < -0.39 is 11.5 Å². The van der Waals surface area contributed by atoms with Crippen molar-refractivity contribution in [3.8, 4) is 5.75 Å². The molecule has 2 aromatic carbocycles. The molecule has 0 amide bonds. The summed E-state index contributed by atoms with van der Waals surface area (Å²) in [4.78, 5) is 12.7. The molecule has 25 heavy (non-hydrogen) atoms. The quantitative estimate of drug-likeness (QED) is 0.541. The van der Waals surface area contributed by atoms with Crippen molar-refractivity contribution in [2.45, 2.75) is 18.4 Å². The number of aryl methyl sites for hydroxylation is 1. The van der Waals surface area contributed by atoms with Crippen molar-refractivity contribution in [2.24, 2.45) is 0 Å². The molecule has 0 spiro atoms. The molecular weight excluding hydrogens is 332 g/mol. The summed E-state index contributed by atoms with van der Waals surface area (Å²) in [5.41, 5.74) is 3.07. The first kappa shape index (κ1) is 17.2. The number of carbonyl (C=O) groups excluding carboxylic acids is 1. The van der Waals surface area contributed by atoms with E-state index in [0.29, 0.717) is 11.1 Å². The topological polar surface area (TPSA) is 26.3 Å². The monoisotopic (exact) mass is 350 g/mol. The highest BCUT2D eigenvalue weighted by Gasteiger charge is 2.31. The lowest BCUT2D eigenvalue weighted by molar-refractivity contribution is 0.0990. The van der Waals surface area contributed by atoms with Gasteiger partial charge in [-0.3, -0.25) is 4.79 Å². The number of hydrogen-bond donors (Lipinski definition) is 0. The van der Waals surface area contributed by atoms with Gasteiger partial charge >= 0.3 is 0 Å². The second kappa shape index (κ2) is 7.54. The van der Waals surface area contributed by atoms with Crippen LogP contribution in [-0.2, 0) is 0 Å². The highest BCUT2D eigenvalue weighted by atomic mass is 35.5. The van der Waals surface area contributed by atoms with Gasteiger partial charge in [-0.05, 0) is 24.1 Å². The van der Waals surface area contributed by atoms with Gasteiger partial charge in [0.2, 0.25) is 0 Å². The highest BCUT2D eigenvalue weighted by Crippen LogP contribution is 2.31. The molecular formula is C22H19ClO2. The Morgan fingerprint density at radius 1 is 1.12 bits per heavy atom. The Balaban J connectivity index is 1.88. The van der Waals surface area contributed by atoms with Crippen LogP contribution >= 0.6 is 11.6 Å². The Morgan fingerprint density at radius 3 is 2.52 bits per heavy atom. The van der Waals surface area contributed by atoms with E-state index in [0.717, 1.165) is 16.9 Å². The number of rotatable bonds is 5. The molecule has 1 aliphatic carbocycles. The second-order valence-electron chi connectivity index (χ2n) is 5.96. The molecule has 126 valence electrons. The predicted octanol–water partition coefficient (Wildman–Crippen LogP) is 5.29. The number of ether oxygens (including phenoxy) is 1. The van der Waals surface area contributed by atoms with E-state index in [4.69, 9.17) is 16.3 Å². The van der Waals surface area contributed by atoms with Gasteiger partial charge in [-0.25, -0.2) is 0 Å². The maximum Gasteiger partial charge on any atom is 0.184 e. The van der Waals surface area contributed by atoms with Crippen LogP contribution < -0.4 is 4.74 Å². The number of allylic oxidation sites excluding steroid dienone is 2. The lowest BCUT2D eigenvalue weighted by Crippen LogP contribution is -2.31. The third-order valence-electron chi connectivity index (χ3n) is 4.16. The number of ketones is 1. The predicted molar refractivity (Wildman–Crippen MR) is 102 cm³/mol. The van der Waals surface area contributed by atoms with E-state index in [2.05, 4.69) is 6.58 Å². The maximum absolute atomic E-state index is 12.7. The molecule has 0 saturated carbocycles. The van der Waals surface area contributed by atoms with Crippen LogP contribution in [-0.4, -0.2) is 17.3 Å². The lowest BCUT2D eigenvalue weighted by Gasteiger charge is -2.27. The third kappa shape index (κ3) is 3.75. The first-order chi connectivity index (χ1) is 12.1. The molecule has 0 aromatic heterocycles. The highest BCUT2D eigenvalue weighted by molar-refractivity contribution is 6.36. The summed E-state index contributed by atoms with van der Waals surface area (Å²) >= 11 is 6.54. The van der Waals surface area contributed by atoms with Gasteiger partial charge in [0.1, 0.15) is 17.2 Å². The number of halogens is 1. The molecule has 2 unspecified atom stereocenters. The smallest absolute Gasteiger partial charge is 0.184 e. The van der Waals surface area contributed by atoms with E-state index in [9.17, 15) is 4.79 Å². The SMILES string of the molecule is C=C1C=CC=C(C(Cl)C(=O)c2ccccc2)C1Oc1ccccc1C. The number of benzene rings is 2. The molecule has 2 atom stereocenters. The normalized spacial score (nSPS) is 17.8. The van der Waals surface area contributed by atoms with E-state index in [1.165, 1.54) is 0 Å². The summed E-state index contributed by atoms with van der Waals surface area (Å²) < 4.78 is 6.16. The number of hydrogen-bond acceptors (Lipinski definition) is 2. The molecule has 2 aromatic rings. The van der Waals surface area contributed by atoms with Gasteiger partial charge in [0.15, 0.2) is 5.78 Å². The summed E-state index contributed by atoms with van der Waals surface area (Å²) in [6.07, 6.45) is 5.11. The zero-order chi connectivity index (χ0) is 17.8. The van der Waals surface area contributed by atoms with Crippen molar-refractivity contribution in [3.05, 3.63) is 102 Å². The summed E-state index contributed by atoms with van der Waals surface area (Å²) in [5, 5.41) is -0.807. The van der Waals surface area contributed by atoms with Gasteiger partial charge in [-0.15, -0.1) is 11.6 Å². The van der Waals surface area contributed by atoms with Crippen LogP contribution in [0.4, 0.5) is 0 Å². The Labute approximate surface area is 153 Å². The number of carbonyl (C=O) groups is 1. The molecule has 0 radical (unpaired) electrons. The molecule has 0 heterocycles. The minimum atomic E-state index is -0.807. The molecule has 0 fully saturated rings. The Bertz CT molecular complexity index is 849. The van der Waals surface area contributed by atoms with Crippen molar-refractivity contribution >= 4 is 17.4 Å². The first-order valence-electron chi connectivity index (χ1n) is 8.10. The van der Waals surface area contributed by atoms with E-state index in [1.807, 2.05) is 67.6 Å². The van der Waals surface area contributed by atoms with Crippen LogP contribution in [0.15, 0.2) is 90.6 Å². The molecule has 3 rings (SSSR count). The minimum absolute atomic E-state index is 0.144. The first-order valence-corrected chi connectivity index (χ1v) is 8.54. The molecule has 0 bridgehead atoms. The summed E-state index contributed by atoms with van der Waals surface area (Å²) in [5.74, 6) is 0.612. The van der Waals surface area contributed by atoms with Crippen LogP contribution in [0.2, 0.25) is 0 Å². The average molecular weight is 351 g/mol. The fraction of sp³-hybridized carbons (Fsp3) is 0.136. The zero-order valence-corrected chi connectivity index (χ0v) is 14.7. The number of alkyl halides is 1. The van der Waals surface area contributed by atoms with Crippen LogP contribution in [0.3, 0.4) is 0 Å². The molecule has 1 aliphatic rings. The standard InChI is InChI=1S/C22H19ClO2/c1-15-9-6-7-14-19(15)25-22-16(2)10-8-13-18(22)20(23)21(24)17-11-4-3-5-12-17/h3-14,20,22H,2H2,1H3. The Hall–Kier alpha value is -2.58. The lowest BCUT2D eigenvalue weighted by atomic mass is 9.91. The van der Waals surface area contributed by atoms with Gasteiger partial charge in [-0.2, -0.15) is 0 Å². The Kier molecular flexibility index (Phi) is 5.20. The fourth-order valence-corrected chi connectivity index (χ4v) is 3.06. The summed E-state index contributed by atoms with van der Waals surface area (Å²) in [7, 11) is 0. The Morgan fingerprint density at radius 2 is 1.80 bits per heavy atom. The molecule has 2 nitrogen and oxygen atoms in total. The second-order valence-corrected chi connectivity index (χ2v) is 6.39. The van der Waals surface area contributed by atoms with Crippen LogP contribution in [0.5, 0.6) is 5.75 Å². The van der Waals surface area contributed by atoms with Crippen molar-refractivity contribution in [1.29, 1.82) is 0 Å². The molecule has 3 heteroatoms. The number of Topliss-reactive ketones (excluding diaryl/α,β-unsaturated/α-hetero) is 1. The van der Waals surface area contributed by atoms with Crippen LogP contribution in [0.25, 0.3) is 0 Å². The maximum atomic E-state index is 12.7. The summed E-state index contributed by atoms with van der Waals surface area (Å²) in [6.45, 7) is 6.04. The largest absolute Gasteiger partial charge is 0.481 e. The summed E-state index contributed by atoms with van der Waals surface area (Å²) in [6, 6.07) is 16.8. The zero-order valence-electron chi connectivity index (χ0n) is 14.0. The van der Waals surface area contributed by atoms with Crippen molar-refractivity contribution < 1.29 is 9.53 Å². The van der Waals surface area contributed by atoms with Crippen LogP contribution in [0, 0.1) is 6.92 Å². The molecule has 0 aliphatic heterocycles. The average Bonchev–Trinajstić information content (AvgIpc) is 2.64. The van der Waals surface area contributed by atoms with Gasteiger partial charge in [0, 0.05) is 11.1 Å². The van der Waals surface area contributed by atoms with Crippen molar-refractivity contribution in [2.75, 3.05) is 0 Å². The minimum Gasteiger partial charge on any atom is -0.481 e. The van der Waals surface area contributed by atoms with Gasteiger partial charge in [0.05, 0.1) is 0 Å². The van der Waals surface area contributed by atoms with Gasteiger partial charge in [0.25, 0.3) is 0 Å². The van der Waals surface area contributed by atoms with Gasteiger partial charge < -0.3 is 4.74 Å². The van der Waals surface area contributed by atoms with E-state index in [-0.39, 0.29) is 5.78 Å². The van der Waals surface area contributed by atoms with Crippen molar-refractivity contribution in [3.63, 3.8) is 0 Å². The van der Waals surface area contributed by atoms with Crippen LogP contribution in [0.1, 0.15) is 15.9 Å². The molecule has 0 saturated heterocycles. The van der Waals surface area contributed by atoms with Gasteiger partial charge in [-0.1, -0.05) is 73.3 Å². The van der Waals surface area contributed by atoms with E-state index in [1.54, 1.807) is 12.1 Å². The number of para-hydroxylation sites is 1. The third-order valence-corrected chi connectivity index (χ3v) is 4.61. The fourth-order valence-electron chi connectivity index (χ4n) is 2.75. The van der Waals surface area contributed by atoms with Crippen molar-refractivity contribution in [1.82, 2.24) is 0 Å².